The Morgan fingerprint density at radius 3 is 2.68 bits per heavy atom. The quantitative estimate of drug-likeness (QED) is 0.287. The van der Waals surface area contributed by atoms with Crippen molar-refractivity contribution in [3.8, 4) is 0 Å². The van der Waals surface area contributed by atoms with E-state index in [9.17, 15) is 9.59 Å². The van der Waals surface area contributed by atoms with Gasteiger partial charge in [-0.2, -0.15) is 0 Å². The van der Waals surface area contributed by atoms with Gasteiger partial charge in [0.25, 0.3) is 11.1 Å². The number of rotatable bonds is 5. The number of imide groups is 1. The SMILES string of the molecule is [N-]=[N+]=NC(Cn1ccc2c(/C=C3\SC(=O)NC3=O)cccc21)c1ccccc1. The van der Waals surface area contributed by atoms with Crippen LogP contribution in [0.15, 0.2) is 70.8 Å². The fourth-order valence-corrected chi connectivity index (χ4v) is 3.90. The Morgan fingerprint density at radius 1 is 1.14 bits per heavy atom. The topological polar surface area (TPSA) is 99.9 Å². The highest BCUT2D eigenvalue weighted by molar-refractivity contribution is 8.18. The maximum atomic E-state index is 11.8. The third-order valence-corrected chi connectivity index (χ3v) is 5.33. The lowest BCUT2D eigenvalue weighted by molar-refractivity contribution is -0.115. The number of nitrogens with one attached hydrogen (secondary N) is 1. The van der Waals surface area contributed by atoms with Crippen LogP contribution >= 0.6 is 11.8 Å². The van der Waals surface area contributed by atoms with E-state index in [1.807, 2.05) is 65.4 Å². The number of carbonyl (C=O) groups excluding carboxylic acids is 2. The number of hydrogen-bond donors (Lipinski definition) is 1. The predicted octanol–water partition coefficient (Wildman–Crippen LogP) is 5.02. The van der Waals surface area contributed by atoms with Gasteiger partial charge in [0.2, 0.25) is 0 Å². The summed E-state index contributed by atoms with van der Waals surface area (Å²) < 4.78 is 2.02. The van der Waals surface area contributed by atoms with Gasteiger partial charge >= 0.3 is 0 Å². The van der Waals surface area contributed by atoms with Crippen LogP contribution in [0.2, 0.25) is 0 Å². The summed E-state index contributed by atoms with van der Waals surface area (Å²) in [5.74, 6) is -0.376. The van der Waals surface area contributed by atoms with Crippen molar-refractivity contribution in [2.24, 2.45) is 5.11 Å². The van der Waals surface area contributed by atoms with E-state index < -0.39 is 0 Å². The molecule has 2 aromatic carbocycles. The summed E-state index contributed by atoms with van der Waals surface area (Å²) in [4.78, 5) is 26.6. The van der Waals surface area contributed by atoms with Crippen LogP contribution in [-0.4, -0.2) is 15.7 Å². The van der Waals surface area contributed by atoms with Crippen molar-refractivity contribution >= 4 is 39.9 Å². The van der Waals surface area contributed by atoms with Crippen LogP contribution in [0.3, 0.4) is 0 Å². The third-order valence-electron chi connectivity index (χ3n) is 4.52. The number of thioether (sulfide) groups is 1. The maximum Gasteiger partial charge on any atom is 0.290 e. The Bertz CT molecular complexity index is 1150. The standard InChI is InChI=1S/C20H15N5O2S/c21-24-23-16(13-5-2-1-3-6-13)12-25-10-9-15-14(7-4-8-17(15)25)11-18-19(26)22-20(27)28-18/h1-11,16H,12H2,(H,22,26,27)/b18-11-. The molecular formula is C20H15N5O2S. The first-order valence-corrected chi connectivity index (χ1v) is 9.39. The molecule has 1 aromatic heterocycles. The van der Waals surface area contributed by atoms with Gasteiger partial charge in [-0.1, -0.05) is 47.6 Å². The van der Waals surface area contributed by atoms with E-state index >= 15 is 0 Å². The summed E-state index contributed by atoms with van der Waals surface area (Å²) in [5.41, 5.74) is 11.7. The Balaban J connectivity index is 1.70. The van der Waals surface area contributed by atoms with Gasteiger partial charge in [0.05, 0.1) is 10.9 Å². The van der Waals surface area contributed by atoms with E-state index in [1.165, 1.54) is 0 Å². The summed E-state index contributed by atoms with van der Waals surface area (Å²) in [6.07, 6.45) is 3.65. The lowest BCUT2D eigenvalue weighted by atomic mass is 10.1. The van der Waals surface area contributed by atoms with Gasteiger partial charge in [-0.25, -0.2) is 0 Å². The minimum Gasteiger partial charge on any atom is -0.347 e. The molecule has 1 aliphatic rings. The van der Waals surface area contributed by atoms with Crippen LogP contribution in [0.1, 0.15) is 17.2 Å². The molecule has 8 heteroatoms. The molecule has 7 nitrogen and oxygen atoms in total. The first-order chi connectivity index (χ1) is 13.7. The second-order valence-electron chi connectivity index (χ2n) is 6.23. The Hall–Kier alpha value is -3.48. The normalized spacial score (nSPS) is 16.2. The number of fused-ring (bicyclic) bond motifs is 1. The molecule has 4 rings (SSSR count). The summed E-state index contributed by atoms with van der Waals surface area (Å²) in [7, 11) is 0. The molecule has 0 radical (unpaired) electrons. The van der Waals surface area contributed by atoms with Gasteiger partial charge in [-0.15, -0.1) is 0 Å². The second kappa shape index (κ2) is 7.64. The first kappa shape index (κ1) is 17.9. The molecule has 2 heterocycles. The molecule has 1 atom stereocenters. The van der Waals surface area contributed by atoms with Crippen molar-refractivity contribution < 1.29 is 9.59 Å². The lowest BCUT2D eigenvalue weighted by Crippen LogP contribution is -2.17. The second-order valence-corrected chi connectivity index (χ2v) is 7.25. The van der Waals surface area contributed by atoms with Gasteiger partial charge in [-0.05, 0) is 46.6 Å². The Labute approximate surface area is 164 Å². The number of hydrogen-bond acceptors (Lipinski definition) is 4. The average Bonchev–Trinajstić information content (AvgIpc) is 3.25. The van der Waals surface area contributed by atoms with Crippen molar-refractivity contribution in [2.75, 3.05) is 0 Å². The molecule has 28 heavy (non-hydrogen) atoms. The molecule has 1 saturated heterocycles. The minimum atomic E-state index is -0.376. The highest BCUT2D eigenvalue weighted by Gasteiger charge is 2.25. The molecule has 0 saturated carbocycles. The molecule has 0 aliphatic carbocycles. The predicted molar refractivity (Wildman–Crippen MR) is 109 cm³/mol. The van der Waals surface area contributed by atoms with Crippen LogP contribution in [-0.2, 0) is 11.3 Å². The Morgan fingerprint density at radius 2 is 1.96 bits per heavy atom. The van der Waals surface area contributed by atoms with Crippen LogP contribution in [0.25, 0.3) is 27.4 Å². The third kappa shape index (κ3) is 3.51. The van der Waals surface area contributed by atoms with Gasteiger partial charge in [0, 0.05) is 28.6 Å². The fraction of sp³-hybridized carbons (Fsp3) is 0.100. The van der Waals surface area contributed by atoms with Crippen molar-refractivity contribution in [3.05, 3.63) is 87.3 Å². The smallest absolute Gasteiger partial charge is 0.290 e. The lowest BCUT2D eigenvalue weighted by Gasteiger charge is -2.14. The highest BCUT2D eigenvalue weighted by Crippen LogP contribution is 2.30. The van der Waals surface area contributed by atoms with Crippen molar-refractivity contribution in [3.63, 3.8) is 0 Å². The van der Waals surface area contributed by atoms with E-state index in [0.717, 1.165) is 33.8 Å². The van der Waals surface area contributed by atoms with E-state index in [0.29, 0.717) is 11.4 Å². The van der Waals surface area contributed by atoms with E-state index in [1.54, 1.807) is 6.08 Å². The van der Waals surface area contributed by atoms with Crippen molar-refractivity contribution in [2.45, 2.75) is 12.6 Å². The molecule has 1 unspecified atom stereocenters. The van der Waals surface area contributed by atoms with Gasteiger partial charge in [-0.3, -0.25) is 14.9 Å². The van der Waals surface area contributed by atoms with E-state index in [-0.39, 0.29) is 17.2 Å². The molecule has 1 N–H and O–H groups in total. The monoisotopic (exact) mass is 389 g/mol. The molecule has 0 bridgehead atoms. The van der Waals surface area contributed by atoms with Gasteiger partial charge < -0.3 is 4.57 Å². The number of nitrogens with zero attached hydrogens (tertiary/aromatic N) is 4. The molecule has 1 aliphatic heterocycles. The summed E-state index contributed by atoms with van der Waals surface area (Å²) in [5, 5.41) is 6.81. The van der Waals surface area contributed by atoms with Gasteiger partial charge in [0.15, 0.2) is 0 Å². The number of amides is 2. The fourth-order valence-electron chi connectivity index (χ4n) is 3.23. The molecule has 1 fully saturated rings. The Kier molecular flexibility index (Phi) is 4.89. The molecule has 3 aromatic rings. The van der Waals surface area contributed by atoms with Crippen LogP contribution in [0.4, 0.5) is 4.79 Å². The van der Waals surface area contributed by atoms with Crippen LogP contribution in [0, 0.1) is 0 Å². The number of aromatic nitrogens is 1. The van der Waals surface area contributed by atoms with Gasteiger partial charge in [0.1, 0.15) is 0 Å². The molecule has 2 amide bonds. The first-order valence-electron chi connectivity index (χ1n) is 8.57. The minimum absolute atomic E-state index is 0.336. The summed E-state index contributed by atoms with van der Waals surface area (Å²) in [6.45, 7) is 0.491. The zero-order chi connectivity index (χ0) is 19.5. The number of benzene rings is 2. The number of azide groups is 1. The largest absolute Gasteiger partial charge is 0.347 e. The van der Waals surface area contributed by atoms with Crippen LogP contribution < -0.4 is 5.32 Å². The van der Waals surface area contributed by atoms with Crippen LogP contribution in [0.5, 0.6) is 0 Å². The van der Waals surface area contributed by atoms with Crippen molar-refractivity contribution in [1.29, 1.82) is 0 Å². The molecule has 0 spiro atoms. The van der Waals surface area contributed by atoms with E-state index in [2.05, 4.69) is 15.3 Å². The zero-order valence-electron chi connectivity index (χ0n) is 14.6. The summed E-state index contributed by atoms with van der Waals surface area (Å²) in [6, 6.07) is 17.0. The zero-order valence-corrected chi connectivity index (χ0v) is 15.5. The average molecular weight is 389 g/mol. The molecular weight excluding hydrogens is 374 g/mol. The number of carbonyl (C=O) groups is 2. The summed E-state index contributed by atoms with van der Waals surface area (Å²) >= 11 is 0.898. The molecule has 138 valence electrons. The van der Waals surface area contributed by atoms with Crippen molar-refractivity contribution in [1.82, 2.24) is 9.88 Å². The highest BCUT2D eigenvalue weighted by atomic mass is 32.2. The van der Waals surface area contributed by atoms with E-state index in [4.69, 9.17) is 5.53 Å². The maximum absolute atomic E-state index is 11.8.